The van der Waals surface area contributed by atoms with Gasteiger partial charge in [-0.05, 0) is 25.0 Å². The van der Waals surface area contributed by atoms with Crippen molar-refractivity contribution in [3.63, 3.8) is 0 Å². The number of aromatic nitrogens is 1. The number of fused-ring (bicyclic) bond motifs is 2. The molecule has 4 nitrogen and oxygen atoms in total. The predicted molar refractivity (Wildman–Crippen MR) is 75.0 cm³/mol. The Bertz CT molecular complexity index is 602. The minimum Gasteiger partial charge on any atom is -0.433 e. The van der Waals surface area contributed by atoms with E-state index in [-0.39, 0.29) is 0 Å². The summed E-state index contributed by atoms with van der Waals surface area (Å²) in [6.45, 7) is 1.90. The highest BCUT2D eigenvalue weighted by Crippen LogP contribution is 2.53. The van der Waals surface area contributed by atoms with Crippen LogP contribution in [0, 0.1) is 0 Å². The zero-order valence-corrected chi connectivity index (χ0v) is 11.4. The summed E-state index contributed by atoms with van der Waals surface area (Å²) >= 11 is 0. The van der Waals surface area contributed by atoms with Crippen LogP contribution in [0.15, 0.2) is 36.5 Å². The van der Waals surface area contributed by atoms with Crippen molar-refractivity contribution in [2.75, 3.05) is 13.2 Å². The van der Waals surface area contributed by atoms with Gasteiger partial charge >= 0.3 is 8.53 Å². The Kier molecular flexibility index (Phi) is 2.87. The molecular formula is C14H15N2O2P. The van der Waals surface area contributed by atoms with E-state index in [4.69, 9.17) is 9.05 Å². The highest BCUT2D eigenvalue weighted by Gasteiger charge is 2.40. The predicted octanol–water partition coefficient (Wildman–Crippen LogP) is 3.34. The summed E-state index contributed by atoms with van der Waals surface area (Å²) in [4.78, 5) is 4.42. The lowest BCUT2D eigenvalue weighted by molar-refractivity contribution is 0.328. The molecular weight excluding hydrogens is 259 g/mol. The molecule has 2 aromatic rings. The molecule has 0 aliphatic carbocycles. The first-order valence-corrected chi connectivity index (χ1v) is 7.76. The minimum absolute atomic E-state index is 0.564. The van der Waals surface area contributed by atoms with Crippen LogP contribution in [-0.4, -0.2) is 28.8 Å². The quantitative estimate of drug-likeness (QED) is 0.787. The maximum Gasteiger partial charge on any atom is 0.321 e. The summed E-state index contributed by atoms with van der Waals surface area (Å²) < 4.78 is 14.3. The van der Waals surface area contributed by atoms with Crippen LogP contribution < -0.4 is 4.52 Å². The van der Waals surface area contributed by atoms with Crippen molar-refractivity contribution in [2.45, 2.75) is 18.9 Å². The molecule has 0 radical (unpaired) electrons. The second kappa shape index (κ2) is 4.71. The van der Waals surface area contributed by atoms with Crippen LogP contribution in [0.5, 0.6) is 5.75 Å². The fraction of sp³-hybridized carbons (Fsp3) is 0.357. The molecule has 2 atom stereocenters. The number of hydrogen-bond donors (Lipinski definition) is 0. The van der Waals surface area contributed by atoms with Crippen molar-refractivity contribution >= 4 is 19.4 Å². The summed E-state index contributed by atoms with van der Waals surface area (Å²) in [5.41, 5.74) is 0.916. The van der Waals surface area contributed by atoms with E-state index in [1.807, 2.05) is 18.2 Å². The summed E-state index contributed by atoms with van der Waals surface area (Å²) in [6.07, 6.45) is 4.29. The van der Waals surface area contributed by atoms with Crippen molar-refractivity contribution in [3.8, 4) is 5.75 Å². The number of pyridine rings is 1. The molecule has 2 aliphatic rings. The molecule has 4 rings (SSSR count). The Morgan fingerprint density at radius 1 is 1.32 bits per heavy atom. The van der Waals surface area contributed by atoms with E-state index in [1.54, 1.807) is 6.20 Å². The van der Waals surface area contributed by atoms with Crippen LogP contribution in [0.4, 0.5) is 0 Å². The van der Waals surface area contributed by atoms with Gasteiger partial charge in [0, 0.05) is 24.2 Å². The third-order valence-corrected chi connectivity index (χ3v) is 5.37. The van der Waals surface area contributed by atoms with Crippen molar-refractivity contribution in [1.29, 1.82) is 0 Å². The van der Waals surface area contributed by atoms with E-state index in [0.717, 1.165) is 29.8 Å². The number of benzene rings is 1. The smallest absolute Gasteiger partial charge is 0.321 e. The van der Waals surface area contributed by atoms with Crippen LogP contribution in [0.2, 0.25) is 0 Å². The van der Waals surface area contributed by atoms with Crippen molar-refractivity contribution in [3.05, 3.63) is 36.5 Å². The summed E-state index contributed by atoms with van der Waals surface area (Å²) in [5.74, 6) is 0.830. The zero-order valence-electron chi connectivity index (χ0n) is 10.5. The molecule has 1 aromatic carbocycles. The average Bonchev–Trinajstić information content (AvgIpc) is 3.04. The van der Waals surface area contributed by atoms with Gasteiger partial charge in [0.25, 0.3) is 0 Å². The second-order valence-corrected chi connectivity index (χ2v) is 6.35. The maximum absolute atomic E-state index is 6.11. The van der Waals surface area contributed by atoms with Crippen LogP contribution in [0.25, 0.3) is 10.9 Å². The molecule has 1 aromatic heterocycles. The van der Waals surface area contributed by atoms with Gasteiger partial charge in [0.1, 0.15) is 5.52 Å². The standard InChI is InChI=1S/C14H15N2O2P/c1-4-11-5-2-8-15-14(11)13(7-1)18-19-16-9-3-6-12(16)10-17-19/h1-2,4-5,7-8,12H,3,6,9-10H2/t12-,19?/m0/s1. The molecule has 5 heteroatoms. The summed E-state index contributed by atoms with van der Waals surface area (Å²) in [7, 11) is -0.942. The molecule has 0 bridgehead atoms. The largest absolute Gasteiger partial charge is 0.433 e. The Balaban J connectivity index is 1.65. The number of para-hydroxylation sites is 1. The Labute approximate surface area is 113 Å². The van der Waals surface area contributed by atoms with Crippen LogP contribution >= 0.6 is 8.53 Å². The normalized spacial score (nSPS) is 26.7. The molecule has 0 amide bonds. The molecule has 0 spiro atoms. The van der Waals surface area contributed by atoms with Gasteiger partial charge in [-0.25, -0.2) is 4.67 Å². The van der Waals surface area contributed by atoms with Gasteiger partial charge in [0.05, 0.1) is 6.61 Å². The molecule has 1 unspecified atom stereocenters. The van der Waals surface area contributed by atoms with E-state index in [1.165, 1.54) is 12.8 Å². The van der Waals surface area contributed by atoms with Gasteiger partial charge in [0.15, 0.2) is 5.75 Å². The number of hydrogen-bond acceptors (Lipinski definition) is 4. The third-order valence-electron chi connectivity index (χ3n) is 3.71. The van der Waals surface area contributed by atoms with Crippen molar-refractivity contribution in [1.82, 2.24) is 9.65 Å². The average molecular weight is 274 g/mol. The lowest BCUT2D eigenvalue weighted by atomic mass is 10.2. The van der Waals surface area contributed by atoms with E-state index in [2.05, 4.69) is 21.8 Å². The number of nitrogens with zero attached hydrogens (tertiary/aromatic N) is 2. The SMILES string of the molecule is c1cnc2c(OP3OC[C@@H]4CCCN43)cccc2c1. The van der Waals surface area contributed by atoms with Gasteiger partial charge in [-0.3, -0.25) is 4.98 Å². The van der Waals surface area contributed by atoms with E-state index in [0.29, 0.717) is 6.04 Å². The zero-order chi connectivity index (χ0) is 12.7. The highest BCUT2D eigenvalue weighted by atomic mass is 31.2. The monoisotopic (exact) mass is 274 g/mol. The fourth-order valence-electron chi connectivity index (χ4n) is 2.74. The van der Waals surface area contributed by atoms with Crippen molar-refractivity contribution in [2.24, 2.45) is 0 Å². The summed E-state index contributed by atoms with van der Waals surface area (Å²) in [6, 6.07) is 10.6. The van der Waals surface area contributed by atoms with Gasteiger partial charge < -0.3 is 9.05 Å². The molecule has 98 valence electrons. The fourth-order valence-corrected chi connectivity index (χ4v) is 4.42. The Morgan fingerprint density at radius 2 is 2.26 bits per heavy atom. The van der Waals surface area contributed by atoms with E-state index >= 15 is 0 Å². The first-order chi connectivity index (χ1) is 9.42. The lowest BCUT2D eigenvalue weighted by Gasteiger charge is -2.20. The summed E-state index contributed by atoms with van der Waals surface area (Å²) in [5, 5.41) is 1.10. The maximum atomic E-state index is 6.11. The van der Waals surface area contributed by atoms with Gasteiger partial charge in [-0.2, -0.15) is 0 Å². The number of rotatable bonds is 2. The topological polar surface area (TPSA) is 34.6 Å². The molecule has 19 heavy (non-hydrogen) atoms. The molecule has 2 saturated heterocycles. The molecule has 0 saturated carbocycles. The van der Waals surface area contributed by atoms with Gasteiger partial charge in [0.2, 0.25) is 0 Å². The molecule has 0 N–H and O–H groups in total. The van der Waals surface area contributed by atoms with E-state index < -0.39 is 8.53 Å². The van der Waals surface area contributed by atoms with Crippen LogP contribution in [0.1, 0.15) is 12.8 Å². The third kappa shape index (κ3) is 2.00. The van der Waals surface area contributed by atoms with Gasteiger partial charge in [-0.1, -0.05) is 18.2 Å². The molecule has 2 aliphatic heterocycles. The highest BCUT2D eigenvalue weighted by molar-refractivity contribution is 7.45. The first-order valence-electron chi connectivity index (χ1n) is 6.63. The van der Waals surface area contributed by atoms with Crippen LogP contribution in [-0.2, 0) is 4.52 Å². The molecule has 3 heterocycles. The van der Waals surface area contributed by atoms with Gasteiger partial charge in [-0.15, -0.1) is 0 Å². The molecule has 2 fully saturated rings. The minimum atomic E-state index is -0.942. The Hall–Kier alpha value is -1.22. The van der Waals surface area contributed by atoms with Crippen LogP contribution in [0.3, 0.4) is 0 Å². The lowest BCUT2D eigenvalue weighted by Crippen LogP contribution is -2.20. The second-order valence-electron chi connectivity index (χ2n) is 4.92. The Morgan fingerprint density at radius 3 is 3.26 bits per heavy atom. The van der Waals surface area contributed by atoms with E-state index in [9.17, 15) is 0 Å². The first kappa shape index (κ1) is 11.6. The van der Waals surface area contributed by atoms with Crippen molar-refractivity contribution < 1.29 is 9.05 Å².